The van der Waals surface area contributed by atoms with E-state index in [1.165, 1.54) is 12.1 Å². The van der Waals surface area contributed by atoms with Gasteiger partial charge in [-0.2, -0.15) is 13.2 Å². The molecule has 1 aromatic rings. The molecule has 2 nitrogen and oxygen atoms in total. The van der Waals surface area contributed by atoms with E-state index in [9.17, 15) is 13.2 Å². The van der Waals surface area contributed by atoms with Crippen molar-refractivity contribution in [2.75, 3.05) is 5.73 Å². The number of rotatable bonds is 7. The third kappa shape index (κ3) is 5.31. The minimum atomic E-state index is -4.45. The molecule has 0 saturated carbocycles. The first-order chi connectivity index (χ1) is 9.34. The highest BCUT2D eigenvalue weighted by molar-refractivity contribution is 5.49. The number of unbranched alkanes of at least 4 members (excludes halogenated alkanes) is 3. The van der Waals surface area contributed by atoms with Gasteiger partial charge < -0.3 is 10.5 Å². The minimum absolute atomic E-state index is 0.0836. The van der Waals surface area contributed by atoms with Crippen molar-refractivity contribution in [2.24, 2.45) is 0 Å². The fourth-order valence-corrected chi connectivity index (χ4v) is 2.01. The van der Waals surface area contributed by atoms with Crippen molar-refractivity contribution < 1.29 is 17.9 Å². The molecule has 0 aliphatic carbocycles. The molecule has 0 heterocycles. The number of halogens is 3. The molecule has 20 heavy (non-hydrogen) atoms. The average molecular weight is 289 g/mol. The summed E-state index contributed by atoms with van der Waals surface area (Å²) in [7, 11) is 0. The molecular formula is C15H22F3NO. The summed E-state index contributed by atoms with van der Waals surface area (Å²) in [4.78, 5) is 0. The van der Waals surface area contributed by atoms with Crippen molar-refractivity contribution in [3.63, 3.8) is 0 Å². The Morgan fingerprint density at radius 1 is 1.20 bits per heavy atom. The molecule has 0 saturated heterocycles. The predicted molar refractivity (Wildman–Crippen MR) is 74.7 cm³/mol. The second-order valence-corrected chi connectivity index (χ2v) is 5.03. The summed E-state index contributed by atoms with van der Waals surface area (Å²) in [5.74, 6) is -0.144. The Morgan fingerprint density at radius 3 is 2.50 bits per heavy atom. The predicted octanol–water partition coefficient (Wildman–Crippen LogP) is 5.03. The Balaban J connectivity index is 2.67. The number of nitrogens with two attached hydrogens (primary N) is 1. The molecule has 1 atom stereocenters. The molecule has 5 heteroatoms. The van der Waals surface area contributed by atoms with Gasteiger partial charge in [-0.15, -0.1) is 0 Å². The molecule has 0 aromatic heterocycles. The summed E-state index contributed by atoms with van der Waals surface area (Å²) >= 11 is 0. The summed E-state index contributed by atoms with van der Waals surface area (Å²) in [5.41, 5.74) is 4.69. The fraction of sp³-hybridized carbons (Fsp3) is 0.600. The van der Waals surface area contributed by atoms with Gasteiger partial charge in [-0.05, 0) is 38.0 Å². The number of anilines is 1. The zero-order chi connectivity index (χ0) is 15.2. The van der Waals surface area contributed by atoms with Crippen molar-refractivity contribution in [3.8, 4) is 5.75 Å². The maximum Gasteiger partial charge on any atom is 0.420 e. The van der Waals surface area contributed by atoms with Crippen molar-refractivity contribution in [1.82, 2.24) is 0 Å². The molecule has 1 unspecified atom stereocenters. The lowest BCUT2D eigenvalue weighted by Gasteiger charge is -2.19. The zero-order valence-electron chi connectivity index (χ0n) is 12.0. The van der Waals surface area contributed by atoms with Gasteiger partial charge in [-0.1, -0.05) is 26.2 Å². The van der Waals surface area contributed by atoms with Gasteiger partial charge in [0.1, 0.15) is 5.75 Å². The second kappa shape index (κ2) is 7.41. The van der Waals surface area contributed by atoms with Crippen LogP contribution < -0.4 is 10.5 Å². The Bertz CT molecular complexity index is 418. The molecule has 1 rings (SSSR count). The van der Waals surface area contributed by atoms with Crippen molar-refractivity contribution in [3.05, 3.63) is 23.8 Å². The van der Waals surface area contributed by atoms with E-state index in [-0.39, 0.29) is 17.5 Å². The maximum absolute atomic E-state index is 12.9. The number of alkyl halides is 3. The molecule has 0 fully saturated rings. The van der Waals surface area contributed by atoms with E-state index < -0.39 is 11.7 Å². The molecule has 1 aromatic carbocycles. The van der Waals surface area contributed by atoms with Crippen LogP contribution in [0.15, 0.2) is 18.2 Å². The number of hydrogen-bond donors (Lipinski definition) is 1. The number of nitrogen functional groups attached to an aromatic ring is 1. The first-order valence-electron chi connectivity index (χ1n) is 6.98. The van der Waals surface area contributed by atoms with Crippen molar-refractivity contribution in [1.29, 1.82) is 0 Å². The van der Waals surface area contributed by atoms with Crippen LogP contribution >= 0.6 is 0 Å². The molecule has 0 radical (unpaired) electrons. The Hall–Kier alpha value is -1.39. The third-order valence-corrected chi connectivity index (χ3v) is 3.10. The summed E-state index contributed by atoms with van der Waals surface area (Å²) < 4.78 is 44.1. The van der Waals surface area contributed by atoms with E-state index >= 15 is 0 Å². The number of benzene rings is 1. The number of ether oxygens (including phenoxy) is 1. The van der Waals surface area contributed by atoms with Crippen LogP contribution in [0.25, 0.3) is 0 Å². The van der Waals surface area contributed by atoms with Crippen molar-refractivity contribution in [2.45, 2.75) is 58.2 Å². The van der Waals surface area contributed by atoms with Gasteiger partial charge in [-0.25, -0.2) is 0 Å². The van der Waals surface area contributed by atoms with Crippen molar-refractivity contribution >= 4 is 5.69 Å². The van der Waals surface area contributed by atoms with E-state index in [1.807, 2.05) is 0 Å². The van der Waals surface area contributed by atoms with E-state index in [2.05, 4.69) is 6.92 Å². The third-order valence-electron chi connectivity index (χ3n) is 3.10. The van der Waals surface area contributed by atoms with Crippen LogP contribution in [-0.2, 0) is 6.18 Å². The van der Waals surface area contributed by atoms with Crippen LogP contribution in [0, 0.1) is 0 Å². The quantitative estimate of drug-likeness (QED) is 0.564. The van der Waals surface area contributed by atoms with Crippen LogP contribution in [0.3, 0.4) is 0 Å². The van der Waals surface area contributed by atoms with E-state index in [0.717, 1.165) is 38.2 Å². The highest BCUT2D eigenvalue weighted by Crippen LogP contribution is 2.38. The lowest BCUT2D eigenvalue weighted by atomic mass is 10.1. The zero-order valence-corrected chi connectivity index (χ0v) is 12.0. The molecule has 0 aliphatic rings. The molecular weight excluding hydrogens is 267 g/mol. The van der Waals surface area contributed by atoms with Gasteiger partial charge in [-0.3, -0.25) is 0 Å². The summed E-state index contributed by atoms with van der Waals surface area (Å²) in [6.07, 6.45) is 0.377. The van der Waals surface area contributed by atoms with Gasteiger partial charge in [0.05, 0.1) is 11.7 Å². The highest BCUT2D eigenvalue weighted by atomic mass is 19.4. The first kappa shape index (κ1) is 16.7. The summed E-state index contributed by atoms with van der Waals surface area (Å²) in [6, 6.07) is 3.63. The van der Waals surface area contributed by atoms with Gasteiger partial charge >= 0.3 is 6.18 Å². The molecule has 0 aliphatic heterocycles. The van der Waals surface area contributed by atoms with Crippen LogP contribution in [-0.4, -0.2) is 6.10 Å². The monoisotopic (exact) mass is 289 g/mol. The Labute approximate surface area is 118 Å². The number of hydrogen-bond acceptors (Lipinski definition) is 2. The Morgan fingerprint density at radius 2 is 1.90 bits per heavy atom. The average Bonchev–Trinajstić information content (AvgIpc) is 2.35. The van der Waals surface area contributed by atoms with Gasteiger partial charge in [0.25, 0.3) is 0 Å². The van der Waals surface area contributed by atoms with Crippen LogP contribution in [0.4, 0.5) is 18.9 Å². The largest absolute Gasteiger partial charge is 0.490 e. The Kier molecular flexibility index (Phi) is 6.17. The minimum Gasteiger partial charge on any atom is -0.490 e. The van der Waals surface area contributed by atoms with Crippen LogP contribution in [0.5, 0.6) is 5.75 Å². The first-order valence-corrected chi connectivity index (χ1v) is 6.98. The van der Waals surface area contributed by atoms with E-state index in [1.54, 1.807) is 6.92 Å². The van der Waals surface area contributed by atoms with Crippen LogP contribution in [0.2, 0.25) is 0 Å². The SMILES string of the molecule is CCCCCCC(C)Oc1ccc(N)cc1C(F)(F)F. The molecule has 0 spiro atoms. The lowest BCUT2D eigenvalue weighted by molar-refractivity contribution is -0.139. The maximum atomic E-state index is 12.9. The second-order valence-electron chi connectivity index (χ2n) is 5.03. The molecule has 0 bridgehead atoms. The summed E-state index contributed by atoms with van der Waals surface area (Å²) in [5, 5.41) is 0. The highest BCUT2D eigenvalue weighted by Gasteiger charge is 2.34. The van der Waals surface area contributed by atoms with Gasteiger partial charge in [0.15, 0.2) is 0 Å². The van der Waals surface area contributed by atoms with Gasteiger partial charge in [0, 0.05) is 5.69 Å². The van der Waals surface area contributed by atoms with E-state index in [4.69, 9.17) is 10.5 Å². The normalized spacial score (nSPS) is 13.2. The topological polar surface area (TPSA) is 35.2 Å². The lowest BCUT2D eigenvalue weighted by Crippen LogP contribution is -2.16. The summed E-state index contributed by atoms with van der Waals surface area (Å²) in [6.45, 7) is 3.91. The fourth-order valence-electron chi connectivity index (χ4n) is 2.01. The van der Waals surface area contributed by atoms with Crippen LogP contribution in [0.1, 0.15) is 51.5 Å². The van der Waals surface area contributed by atoms with E-state index in [0.29, 0.717) is 0 Å². The smallest absolute Gasteiger partial charge is 0.420 e. The molecule has 114 valence electrons. The van der Waals surface area contributed by atoms with Gasteiger partial charge in [0.2, 0.25) is 0 Å². The molecule has 2 N–H and O–H groups in total. The molecule has 0 amide bonds. The standard InChI is InChI=1S/C15H22F3NO/c1-3-4-5-6-7-11(2)20-14-9-8-12(19)10-13(14)15(16,17)18/h8-11H,3-7,19H2,1-2H3.